The van der Waals surface area contributed by atoms with Gasteiger partial charge in [-0.15, -0.1) is 11.3 Å². The number of carbonyl (C=O) groups excluding carboxylic acids is 1. The molecular weight excluding hydrogens is 262 g/mol. The molecule has 6 heteroatoms. The Labute approximate surface area is 117 Å². The monoisotopic (exact) mass is 283 g/mol. The number of carbonyl (C=O) groups is 1. The highest BCUT2D eigenvalue weighted by atomic mass is 32.1. The van der Waals surface area contributed by atoms with E-state index in [1.165, 1.54) is 11.3 Å². The fourth-order valence-electron chi connectivity index (χ4n) is 2.20. The molecule has 1 aromatic rings. The number of rotatable bonds is 3. The zero-order valence-electron chi connectivity index (χ0n) is 11.9. The first-order chi connectivity index (χ1) is 8.79. The molecule has 1 aromatic heterocycles. The van der Waals surface area contributed by atoms with Crippen molar-refractivity contribution in [3.05, 3.63) is 16.1 Å². The Bertz CT molecular complexity index is 470. The molecule has 1 fully saturated rings. The number of aromatic nitrogens is 1. The van der Waals surface area contributed by atoms with Crippen LogP contribution < -0.4 is 0 Å². The van der Waals surface area contributed by atoms with Crippen LogP contribution in [0.15, 0.2) is 5.38 Å². The molecule has 19 heavy (non-hydrogen) atoms. The van der Waals surface area contributed by atoms with Crippen molar-refractivity contribution in [2.75, 3.05) is 27.2 Å². The Balaban J connectivity index is 2.06. The van der Waals surface area contributed by atoms with E-state index in [2.05, 4.69) is 4.98 Å². The molecule has 5 nitrogen and oxygen atoms in total. The van der Waals surface area contributed by atoms with Gasteiger partial charge in [0.1, 0.15) is 10.7 Å². The van der Waals surface area contributed by atoms with Crippen molar-refractivity contribution in [1.82, 2.24) is 14.8 Å². The van der Waals surface area contributed by atoms with Gasteiger partial charge in [0.05, 0.1) is 5.60 Å². The first-order valence-electron chi connectivity index (χ1n) is 6.40. The van der Waals surface area contributed by atoms with Crippen molar-refractivity contribution >= 4 is 17.2 Å². The van der Waals surface area contributed by atoms with E-state index in [1.54, 1.807) is 17.2 Å². The van der Waals surface area contributed by atoms with Crippen LogP contribution >= 0.6 is 11.3 Å². The van der Waals surface area contributed by atoms with Crippen molar-refractivity contribution in [3.63, 3.8) is 0 Å². The molecule has 0 spiro atoms. The van der Waals surface area contributed by atoms with Crippen LogP contribution in [0.2, 0.25) is 0 Å². The van der Waals surface area contributed by atoms with E-state index in [-0.39, 0.29) is 11.8 Å². The van der Waals surface area contributed by atoms with Crippen LogP contribution in [0.5, 0.6) is 0 Å². The van der Waals surface area contributed by atoms with Gasteiger partial charge in [0, 0.05) is 30.9 Å². The van der Waals surface area contributed by atoms with Gasteiger partial charge in [0.25, 0.3) is 5.91 Å². The average Bonchev–Trinajstić information content (AvgIpc) is 2.83. The normalized spacial score (nSPS) is 27.3. The number of hydrogen-bond acceptors (Lipinski definition) is 5. The van der Waals surface area contributed by atoms with Crippen molar-refractivity contribution in [1.29, 1.82) is 0 Å². The number of thiazole rings is 1. The maximum Gasteiger partial charge on any atom is 0.273 e. The molecule has 1 aliphatic rings. The van der Waals surface area contributed by atoms with Crippen LogP contribution in [0.25, 0.3) is 0 Å². The summed E-state index contributed by atoms with van der Waals surface area (Å²) in [6, 6.07) is 0. The van der Waals surface area contributed by atoms with Crippen LogP contribution in [0.3, 0.4) is 0 Å². The number of β-amino-alcohol motifs (C(OH)–C–C–N with tert-alkyl or cyclic N) is 1. The first-order valence-corrected chi connectivity index (χ1v) is 7.28. The van der Waals surface area contributed by atoms with Gasteiger partial charge in [-0.3, -0.25) is 4.79 Å². The number of likely N-dealkylation sites (tertiary alicyclic amines) is 1. The van der Waals surface area contributed by atoms with Crippen molar-refractivity contribution < 1.29 is 9.90 Å². The van der Waals surface area contributed by atoms with Gasteiger partial charge in [-0.1, -0.05) is 6.92 Å². The number of aliphatic hydroxyl groups is 1. The Morgan fingerprint density at radius 1 is 1.68 bits per heavy atom. The van der Waals surface area contributed by atoms with Gasteiger partial charge in [-0.2, -0.15) is 0 Å². The maximum absolute atomic E-state index is 12.3. The first kappa shape index (κ1) is 14.4. The molecule has 0 saturated carbocycles. The van der Waals surface area contributed by atoms with E-state index in [9.17, 15) is 9.90 Å². The highest BCUT2D eigenvalue weighted by Gasteiger charge is 2.41. The van der Waals surface area contributed by atoms with Gasteiger partial charge in [-0.25, -0.2) is 4.98 Å². The molecule has 0 aliphatic carbocycles. The summed E-state index contributed by atoms with van der Waals surface area (Å²) in [6.45, 7) is 5.46. The second-order valence-electron chi connectivity index (χ2n) is 5.81. The van der Waals surface area contributed by atoms with Gasteiger partial charge in [0.2, 0.25) is 0 Å². The van der Waals surface area contributed by atoms with Gasteiger partial charge in [0.15, 0.2) is 0 Å². The molecule has 0 unspecified atom stereocenters. The second kappa shape index (κ2) is 5.19. The average molecular weight is 283 g/mol. The van der Waals surface area contributed by atoms with Gasteiger partial charge in [-0.05, 0) is 21.0 Å². The summed E-state index contributed by atoms with van der Waals surface area (Å²) in [4.78, 5) is 20.4. The molecule has 2 rings (SSSR count). The highest BCUT2D eigenvalue weighted by Crippen LogP contribution is 2.28. The third-order valence-corrected chi connectivity index (χ3v) is 4.41. The number of nitrogens with zero attached hydrogens (tertiary/aromatic N) is 3. The smallest absolute Gasteiger partial charge is 0.273 e. The minimum Gasteiger partial charge on any atom is -0.388 e. The van der Waals surface area contributed by atoms with Crippen LogP contribution in [-0.4, -0.2) is 58.6 Å². The van der Waals surface area contributed by atoms with Gasteiger partial charge < -0.3 is 14.9 Å². The van der Waals surface area contributed by atoms with Crippen LogP contribution in [-0.2, 0) is 6.54 Å². The standard InChI is InChI=1S/C13H21N3O2S/c1-9-5-16(8-13(9,2)18)12(17)10-7-19-11(14-10)6-15(3)4/h7,9,18H,5-6,8H2,1-4H3/t9-,13+/m0/s1. The second-order valence-corrected chi connectivity index (χ2v) is 6.75. The minimum atomic E-state index is -0.794. The van der Waals surface area contributed by atoms with Crippen LogP contribution in [0.4, 0.5) is 0 Å². The molecule has 2 heterocycles. The molecule has 2 atom stereocenters. The quantitative estimate of drug-likeness (QED) is 0.901. The molecule has 106 valence electrons. The minimum absolute atomic E-state index is 0.0779. The summed E-state index contributed by atoms with van der Waals surface area (Å²) >= 11 is 1.50. The fraction of sp³-hybridized carbons (Fsp3) is 0.692. The zero-order valence-corrected chi connectivity index (χ0v) is 12.7. The SMILES string of the molecule is C[C@H]1CN(C(=O)c2csc(CN(C)C)n2)C[C@@]1(C)O. The molecule has 0 radical (unpaired) electrons. The lowest BCUT2D eigenvalue weighted by atomic mass is 9.95. The lowest BCUT2D eigenvalue weighted by Gasteiger charge is -2.20. The van der Waals surface area contributed by atoms with Crippen molar-refractivity contribution in [2.24, 2.45) is 5.92 Å². The zero-order chi connectivity index (χ0) is 14.2. The lowest BCUT2D eigenvalue weighted by molar-refractivity contribution is 0.0350. The summed E-state index contributed by atoms with van der Waals surface area (Å²) in [5.74, 6) is 0.0159. The molecule has 0 bridgehead atoms. The van der Waals surface area contributed by atoms with Crippen LogP contribution in [0.1, 0.15) is 29.3 Å². The lowest BCUT2D eigenvalue weighted by Crippen LogP contribution is -2.35. The third kappa shape index (κ3) is 3.13. The Kier molecular flexibility index (Phi) is 3.94. The van der Waals surface area contributed by atoms with E-state index in [0.717, 1.165) is 11.6 Å². The topological polar surface area (TPSA) is 56.7 Å². The van der Waals surface area contributed by atoms with E-state index in [1.807, 2.05) is 25.9 Å². The van der Waals surface area contributed by atoms with E-state index < -0.39 is 5.60 Å². The highest BCUT2D eigenvalue weighted by molar-refractivity contribution is 7.09. The molecule has 1 N–H and O–H groups in total. The Morgan fingerprint density at radius 3 is 2.89 bits per heavy atom. The number of hydrogen-bond donors (Lipinski definition) is 1. The maximum atomic E-state index is 12.3. The Morgan fingerprint density at radius 2 is 2.37 bits per heavy atom. The molecule has 0 aromatic carbocycles. The van der Waals surface area contributed by atoms with Crippen molar-refractivity contribution in [2.45, 2.75) is 26.0 Å². The molecule has 1 saturated heterocycles. The van der Waals surface area contributed by atoms with Crippen molar-refractivity contribution in [3.8, 4) is 0 Å². The predicted octanol–water partition coefficient (Wildman–Crippen LogP) is 1.05. The molecule has 1 aliphatic heterocycles. The largest absolute Gasteiger partial charge is 0.388 e. The van der Waals surface area contributed by atoms with E-state index in [0.29, 0.717) is 18.8 Å². The number of amides is 1. The fourth-order valence-corrected chi connectivity index (χ4v) is 3.09. The summed E-state index contributed by atoms with van der Waals surface area (Å²) in [5.41, 5.74) is -0.301. The summed E-state index contributed by atoms with van der Waals surface area (Å²) < 4.78 is 0. The third-order valence-electron chi connectivity index (χ3n) is 3.58. The van der Waals surface area contributed by atoms with E-state index in [4.69, 9.17) is 0 Å². The molecular formula is C13H21N3O2S. The molecule has 1 amide bonds. The summed E-state index contributed by atoms with van der Waals surface area (Å²) in [5, 5.41) is 12.9. The Hall–Kier alpha value is -0.980. The predicted molar refractivity (Wildman–Crippen MR) is 75.2 cm³/mol. The van der Waals surface area contributed by atoms with E-state index >= 15 is 0 Å². The summed E-state index contributed by atoms with van der Waals surface area (Å²) in [7, 11) is 3.95. The van der Waals surface area contributed by atoms with Crippen LogP contribution in [0, 0.1) is 5.92 Å². The summed E-state index contributed by atoms with van der Waals surface area (Å²) in [6.07, 6.45) is 0. The van der Waals surface area contributed by atoms with Gasteiger partial charge >= 0.3 is 0 Å².